The molecule has 0 saturated carbocycles. The SMILES string of the molecule is CC(C)(C)NC(=O)c1ccc(OC/C(=C\Cl)CN)cc1. The topological polar surface area (TPSA) is 64.3 Å². The Morgan fingerprint density at radius 1 is 1.35 bits per heavy atom. The molecule has 0 unspecified atom stereocenters. The van der Waals surface area contributed by atoms with Gasteiger partial charge in [0.05, 0.1) is 0 Å². The van der Waals surface area contributed by atoms with Gasteiger partial charge < -0.3 is 15.8 Å². The van der Waals surface area contributed by atoms with Crippen molar-refractivity contribution < 1.29 is 9.53 Å². The van der Waals surface area contributed by atoms with Crippen LogP contribution in [0.15, 0.2) is 35.4 Å². The van der Waals surface area contributed by atoms with Crippen molar-refractivity contribution >= 4 is 17.5 Å². The fraction of sp³-hybridized carbons (Fsp3) is 0.400. The predicted octanol–water partition coefficient (Wildman–Crippen LogP) is 2.68. The number of carbonyl (C=O) groups is 1. The van der Waals surface area contributed by atoms with Crippen LogP contribution >= 0.6 is 11.6 Å². The van der Waals surface area contributed by atoms with Gasteiger partial charge in [-0.25, -0.2) is 0 Å². The van der Waals surface area contributed by atoms with Crippen molar-refractivity contribution in [2.75, 3.05) is 13.2 Å². The van der Waals surface area contributed by atoms with Crippen LogP contribution in [0.4, 0.5) is 0 Å². The lowest BCUT2D eigenvalue weighted by Gasteiger charge is -2.20. The van der Waals surface area contributed by atoms with Crippen LogP contribution in [0.25, 0.3) is 0 Å². The van der Waals surface area contributed by atoms with E-state index in [-0.39, 0.29) is 11.4 Å². The van der Waals surface area contributed by atoms with E-state index in [0.717, 1.165) is 5.57 Å². The highest BCUT2D eigenvalue weighted by molar-refractivity contribution is 6.25. The Hall–Kier alpha value is -1.52. The summed E-state index contributed by atoms with van der Waals surface area (Å²) in [7, 11) is 0. The fourth-order valence-electron chi connectivity index (χ4n) is 1.43. The van der Waals surface area contributed by atoms with Gasteiger partial charge in [0.15, 0.2) is 0 Å². The molecule has 1 aromatic carbocycles. The van der Waals surface area contributed by atoms with Gasteiger partial charge in [-0.05, 0) is 50.6 Å². The van der Waals surface area contributed by atoms with Crippen molar-refractivity contribution in [3.63, 3.8) is 0 Å². The van der Waals surface area contributed by atoms with Crippen molar-refractivity contribution in [2.45, 2.75) is 26.3 Å². The minimum absolute atomic E-state index is 0.104. The second-order valence-corrected chi connectivity index (χ2v) is 5.71. The Morgan fingerprint density at radius 2 is 1.95 bits per heavy atom. The number of benzene rings is 1. The Bertz CT molecular complexity index is 476. The van der Waals surface area contributed by atoms with Crippen LogP contribution in [0.5, 0.6) is 5.75 Å². The van der Waals surface area contributed by atoms with Crippen molar-refractivity contribution in [1.82, 2.24) is 5.32 Å². The molecule has 0 bridgehead atoms. The lowest BCUT2D eigenvalue weighted by atomic mass is 10.1. The second kappa shape index (κ2) is 7.31. The standard InChI is InChI=1S/C15H21ClN2O2/c1-15(2,3)18-14(19)12-4-6-13(7-5-12)20-10-11(8-16)9-17/h4-8H,9-10,17H2,1-3H3,(H,18,19)/b11-8-. The third-order valence-electron chi connectivity index (χ3n) is 2.45. The van der Waals surface area contributed by atoms with Crippen LogP contribution < -0.4 is 15.8 Å². The molecular formula is C15H21ClN2O2. The normalized spacial score (nSPS) is 12.2. The molecule has 0 radical (unpaired) electrons. The van der Waals surface area contributed by atoms with Gasteiger partial charge in [0, 0.05) is 23.2 Å². The zero-order valence-electron chi connectivity index (χ0n) is 12.1. The lowest BCUT2D eigenvalue weighted by Crippen LogP contribution is -2.40. The summed E-state index contributed by atoms with van der Waals surface area (Å²) >= 11 is 5.59. The van der Waals surface area contributed by atoms with Gasteiger partial charge in [0.2, 0.25) is 0 Å². The molecule has 5 heteroatoms. The molecule has 3 N–H and O–H groups in total. The average molecular weight is 297 g/mol. The first-order valence-electron chi connectivity index (χ1n) is 6.39. The third kappa shape index (κ3) is 5.63. The summed E-state index contributed by atoms with van der Waals surface area (Å²) in [5.41, 5.74) is 8.05. The van der Waals surface area contributed by atoms with E-state index in [1.165, 1.54) is 5.54 Å². The molecule has 0 aliphatic rings. The number of nitrogens with one attached hydrogen (secondary N) is 1. The Morgan fingerprint density at radius 3 is 2.40 bits per heavy atom. The van der Waals surface area contributed by atoms with Crippen LogP contribution in [0.1, 0.15) is 31.1 Å². The predicted molar refractivity (Wildman–Crippen MR) is 82.1 cm³/mol. The summed E-state index contributed by atoms with van der Waals surface area (Å²) in [5, 5.41) is 2.90. The van der Waals surface area contributed by atoms with Crippen molar-refractivity contribution in [3.05, 3.63) is 40.9 Å². The smallest absolute Gasteiger partial charge is 0.251 e. The molecule has 20 heavy (non-hydrogen) atoms. The number of rotatable bonds is 5. The summed E-state index contributed by atoms with van der Waals surface area (Å²) in [6, 6.07) is 6.95. The van der Waals surface area contributed by atoms with Crippen molar-refractivity contribution in [1.29, 1.82) is 0 Å². The molecule has 0 atom stereocenters. The van der Waals surface area contributed by atoms with E-state index in [9.17, 15) is 4.79 Å². The van der Waals surface area contributed by atoms with E-state index in [1.54, 1.807) is 24.3 Å². The molecule has 0 fully saturated rings. The zero-order chi connectivity index (χ0) is 15.2. The molecule has 1 rings (SSSR count). The van der Waals surface area contributed by atoms with Gasteiger partial charge in [-0.3, -0.25) is 4.79 Å². The molecule has 0 aliphatic carbocycles. The molecule has 110 valence electrons. The lowest BCUT2D eigenvalue weighted by molar-refractivity contribution is 0.0919. The van der Waals surface area contributed by atoms with Gasteiger partial charge in [-0.2, -0.15) is 0 Å². The number of ether oxygens (including phenoxy) is 1. The van der Waals surface area contributed by atoms with E-state index in [4.69, 9.17) is 22.1 Å². The number of carbonyl (C=O) groups excluding carboxylic acids is 1. The van der Waals surface area contributed by atoms with Crippen LogP contribution in [0.2, 0.25) is 0 Å². The summed E-state index contributed by atoms with van der Waals surface area (Å²) in [4.78, 5) is 11.9. The van der Waals surface area contributed by atoms with Crippen LogP contribution in [0.3, 0.4) is 0 Å². The summed E-state index contributed by atoms with van der Waals surface area (Å²) < 4.78 is 5.52. The molecule has 0 spiro atoms. The van der Waals surface area contributed by atoms with Crippen molar-refractivity contribution in [2.24, 2.45) is 5.73 Å². The van der Waals surface area contributed by atoms with E-state index in [2.05, 4.69) is 5.32 Å². The van der Waals surface area contributed by atoms with E-state index in [1.807, 2.05) is 20.8 Å². The summed E-state index contributed by atoms with van der Waals surface area (Å²) in [6.07, 6.45) is 0. The van der Waals surface area contributed by atoms with E-state index < -0.39 is 0 Å². The fourth-order valence-corrected chi connectivity index (χ4v) is 1.58. The van der Waals surface area contributed by atoms with Gasteiger partial charge in [-0.1, -0.05) is 11.6 Å². The summed E-state index contributed by atoms with van der Waals surface area (Å²) in [5.74, 6) is 0.564. The quantitative estimate of drug-likeness (QED) is 0.878. The Kier molecular flexibility index (Phi) is 6.05. The number of halogens is 1. The number of hydrogen-bond donors (Lipinski definition) is 2. The molecule has 1 aromatic rings. The maximum absolute atomic E-state index is 11.9. The second-order valence-electron chi connectivity index (χ2n) is 5.49. The molecule has 0 aliphatic heterocycles. The van der Waals surface area contributed by atoms with Crippen molar-refractivity contribution in [3.8, 4) is 5.75 Å². The first-order valence-corrected chi connectivity index (χ1v) is 6.83. The first-order chi connectivity index (χ1) is 9.35. The minimum Gasteiger partial charge on any atom is -0.489 e. The minimum atomic E-state index is -0.257. The molecular weight excluding hydrogens is 276 g/mol. The molecule has 0 heterocycles. The highest BCUT2D eigenvalue weighted by Crippen LogP contribution is 2.14. The van der Waals surface area contributed by atoms with Gasteiger partial charge in [0.25, 0.3) is 5.91 Å². The summed E-state index contributed by atoms with van der Waals surface area (Å²) in [6.45, 7) is 6.52. The molecule has 0 aromatic heterocycles. The highest BCUT2D eigenvalue weighted by Gasteiger charge is 2.15. The number of amides is 1. The maximum Gasteiger partial charge on any atom is 0.251 e. The highest BCUT2D eigenvalue weighted by atomic mass is 35.5. The van der Waals surface area contributed by atoms with E-state index >= 15 is 0 Å². The molecule has 4 nitrogen and oxygen atoms in total. The Balaban J connectivity index is 2.63. The van der Waals surface area contributed by atoms with Gasteiger partial charge in [-0.15, -0.1) is 0 Å². The maximum atomic E-state index is 11.9. The van der Waals surface area contributed by atoms with E-state index in [0.29, 0.717) is 24.5 Å². The Labute approximate surface area is 124 Å². The number of nitrogens with two attached hydrogens (primary N) is 1. The third-order valence-corrected chi connectivity index (χ3v) is 2.75. The van der Waals surface area contributed by atoms with Gasteiger partial charge in [0.1, 0.15) is 12.4 Å². The molecule has 1 amide bonds. The van der Waals surface area contributed by atoms with Crippen LogP contribution in [-0.4, -0.2) is 24.6 Å². The largest absolute Gasteiger partial charge is 0.489 e. The zero-order valence-corrected chi connectivity index (χ0v) is 12.8. The average Bonchev–Trinajstić information content (AvgIpc) is 2.38. The van der Waals surface area contributed by atoms with Crippen LogP contribution in [-0.2, 0) is 0 Å². The molecule has 0 saturated heterocycles. The van der Waals surface area contributed by atoms with Crippen LogP contribution in [0, 0.1) is 0 Å². The monoisotopic (exact) mass is 296 g/mol. The number of hydrogen-bond acceptors (Lipinski definition) is 3. The van der Waals surface area contributed by atoms with Gasteiger partial charge >= 0.3 is 0 Å². The first kappa shape index (κ1) is 16.5.